The first kappa shape index (κ1) is 14.8. The Bertz CT molecular complexity index is 542. The van der Waals surface area contributed by atoms with Gasteiger partial charge >= 0.3 is 0 Å². The molecule has 2 aromatic heterocycles. The molecule has 3 N–H and O–H groups in total. The van der Waals surface area contributed by atoms with Gasteiger partial charge in [0, 0.05) is 18.7 Å². The van der Waals surface area contributed by atoms with Crippen LogP contribution in [0.4, 0.5) is 0 Å². The van der Waals surface area contributed by atoms with Crippen LogP contribution in [0.5, 0.6) is 0 Å². The number of nitrogens with one attached hydrogen (secondary N) is 2. The fourth-order valence-electron chi connectivity index (χ4n) is 3.07. The third-order valence-electron chi connectivity index (χ3n) is 4.29. The van der Waals surface area contributed by atoms with E-state index < -0.39 is 5.60 Å². The molecule has 0 amide bonds. The fourth-order valence-corrected chi connectivity index (χ4v) is 3.83. The number of aromatic amines is 1. The second kappa shape index (κ2) is 6.73. The van der Waals surface area contributed by atoms with Crippen LogP contribution in [-0.2, 0) is 6.54 Å². The van der Waals surface area contributed by atoms with E-state index in [1.165, 1.54) is 17.7 Å². The smallest absolute Gasteiger partial charge is 0.0794 e. The Balaban J connectivity index is 1.57. The zero-order valence-corrected chi connectivity index (χ0v) is 13.1. The van der Waals surface area contributed by atoms with E-state index in [9.17, 15) is 5.11 Å². The summed E-state index contributed by atoms with van der Waals surface area (Å²) < 4.78 is 0. The second-order valence-electron chi connectivity index (χ2n) is 5.99. The van der Waals surface area contributed by atoms with Crippen LogP contribution in [0.25, 0.3) is 10.6 Å². The lowest BCUT2D eigenvalue weighted by atomic mass is 9.94. The summed E-state index contributed by atoms with van der Waals surface area (Å²) in [6.07, 6.45) is 8.51. The number of hydrogen-bond acceptors (Lipinski definition) is 4. The molecule has 2 heterocycles. The summed E-state index contributed by atoms with van der Waals surface area (Å²) in [4.78, 5) is 1.21. The number of rotatable bonds is 5. The lowest BCUT2D eigenvalue weighted by molar-refractivity contribution is 0.0250. The molecule has 0 radical (unpaired) electrons. The molecular formula is C16H23N3OS. The summed E-state index contributed by atoms with van der Waals surface area (Å²) >= 11 is 1.71. The van der Waals surface area contributed by atoms with Crippen molar-refractivity contribution in [2.45, 2.75) is 50.7 Å². The van der Waals surface area contributed by atoms with Crippen molar-refractivity contribution in [1.82, 2.24) is 15.5 Å². The van der Waals surface area contributed by atoms with Crippen molar-refractivity contribution in [2.75, 3.05) is 6.54 Å². The normalized spacial score (nSPS) is 18.5. The van der Waals surface area contributed by atoms with E-state index in [1.54, 1.807) is 11.3 Å². The monoisotopic (exact) mass is 305 g/mol. The molecule has 1 aliphatic carbocycles. The SMILES string of the molecule is OC1(CNCc2cn[nH]c2-c2cccs2)CCCCCC1. The molecule has 5 heteroatoms. The summed E-state index contributed by atoms with van der Waals surface area (Å²) in [6.45, 7) is 1.41. The van der Waals surface area contributed by atoms with Gasteiger partial charge in [-0.05, 0) is 24.3 Å². The lowest BCUT2D eigenvalue weighted by Gasteiger charge is -2.26. The average Bonchev–Trinajstić information content (AvgIpc) is 3.09. The van der Waals surface area contributed by atoms with Crippen molar-refractivity contribution in [2.24, 2.45) is 0 Å². The van der Waals surface area contributed by atoms with Crippen molar-refractivity contribution in [3.63, 3.8) is 0 Å². The molecule has 0 saturated heterocycles. The minimum atomic E-state index is -0.524. The largest absolute Gasteiger partial charge is 0.389 e. The van der Waals surface area contributed by atoms with Gasteiger partial charge in [0.1, 0.15) is 0 Å². The quantitative estimate of drug-likeness (QED) is 0.743. The molecule has 21 heavy (non-hydrogen) atoms. The third-order valence-corrected chi connectivity index (χ3v) is 5.18. The molecule has 2 aromatic rings. The van der Waals surface area contributed by atoms with Gasteiger partial charge in [0.25, 0.3) is 0 Å². The maximum Gasteiger partial charge on any atom is 0.0794 e. The second-order valence-corrected chi connectivity index (χ2v) is 6.94. The van der Waals surface area contributed by atoms with Crippen molar-refractivity contribution in [1.29, 1.82) is 0 Å². The van der Waals surface area contributed by atoms with Gasteiger partial charge in [-0.1, -0.05) is 31.7 Å². The molecule has 0 unspecified atom stereocenters. The summed E-state index contributed by atoms with van der Waals surface area (Å²) in [7, 11) is 0. The molecule has 0 aromatic carbocycles. The number of H-pyrrole nitrogens is 1. The van der Waals surface area contributed by atoms with Gasteiger partial charge < -0.3 is 10.4 Å². The number of aromatic nitrogens is 2. The highest BCUT2D eigenvalue weighted by Gasteiger charge is 2.27. The van der Waals surface area contributed by atoms with Crippen LogP contribution in [0, 0.1) is 0 Å². The van der Waals surface area contributed by atoms with E-state index in [2.05, 4.69) is 27.0 Å². The molecule has 0 bridgehead atoms. The molecule has 0 spiro atoms. The van der Waals surface area contributed by atoms with Gasteiger partial charge in [-0.25, -0.2) is 0 Å². The van der Waals surface area contributed by atoms with Gasteiger partial charge in [-0.2, -0.15) is 5.10 Å². The fraction of sp³-hybridized carbons (Fsp3) is 0.562. The van der Waals surface area contributed by atoms with E-state index >= 15 is 0 Å². The van der Waals surface area contributed by atoms with Crippen LogP contribution >= 0.6 is 11.3 Å². The van der Waals surface area contributed by atoms with Gasteiger partial charge in [0.2, 0.25) is 0 Å². The molecule has 0 aliphatic heterocycles. The summed E-state index contributed by atoms with van der Waals surface area (Å²) in [5.41, 5.74) is 1.73. The Hall–Kier alpha value is -1.17. The summed E-state index contributed by atoms with van der Waals surface area (Å²) in [5, 5.41) is 23.4. The Morgan fingerprint density at radius 1 is 1.29 bits per heavy atom. The summed E-state index contributed by atoms with van der Waals surface area (Å²) in [5.74, 6) is 0. The van der Waals surface area contributed by atoms with Crippen molar-refractivity contribution in [3.05, 3.63) is 29.3 Å². The maximum absolute atomic E-state index is 10.6. The van der Waals surface area contributed by atoms with Crippen LogP contribution in [0.15, 0.2) is 23.7 Å². The first-order chi connectivity index (χ1) is 10.3. The van der Waals surface area contributed by atoms with Crippen LogP contribution in [0.3, 0.4) is 0 Å². The standard InChI is InChI=1S/C16H23N3OS/c20-16(7-3-1-2-4-8-16)12-17-10-13-11-18-19-15(13)14-6-5-9-21-14/h5-6,9,11,17,20H,1-4,7-8,10,12H2,(H,18,19). The van der Waals surface area contributed by atoms with Crippen LogP contribution in [0.1, 0.15) is 44.1 Å². The first-order valence-electron chi connectivity index (χ1n) is 7.76. The topological polar surface area (TPSA) is 60.9 Å². The highest BCUT2D eigenvalue weighted by Crippen LogP contribution is 2.28. The molecule has 1 saturated carbocycles. The van der Waals surface area contributed by atoms with E-state index in [4.69, 9.17) is 0 Å². The Morgan fingerprint density at radius 2 is 2.10 bits per heavy atom. The number of thiophene rings is 1. The van der Waals surface area contributed by atoms with Crippen LogP contribution in [0.2, 0.25) is 0 Å². The van der Waals surface area contributed by atoms with E-state index in [-0.39, 0.29) is 0 Å². The third kappa shape index (κ3) is 3.73. The number of nitrogens with zero attached hydrogens (tertiary/aromatic N) is 1. The minimum absolute atomic E-state index is 0.524. The van der Waals surface area contributed by atoms with Gasteiger partial charge in [0.15, 0.2) is 0 Å². The number of hydrogen-bond donors (Lipinski definition) is 3. The molecule has 1 aliphatic rings. The predicted octanol–water partition coefficient (Wildman–Crippen LogP) is 3.31. The molecule has 3 rings (SSSR count). The van der Waals surface area contributed by atoms with Crippen LogP contribution in [-0.4, -0.2) is 27.4 Å². The molecule has 114 valence electrons. The summed E-state index contributed by atoms with van der Waals surface area (Å²) in [6, 6.07) is 4.15. The van der Waals surface area contributed by atoms with Crippen molar-refractivity contribution in [3.8, 4) is 10.6 Å². The van der Waals surface area contributed by atoms with Gasteiger partial charge in [-0.15, -0.1) is 11.3 Å². The highest BCUT2D eigenvalue weighted by atomic mass is 32.1. The average molecular weight is 305 g/mol. The maximum atomic E-state index is 10.6. The highest BCUT2D eigenvalue weighted by molar-refractivity contribution is 7.13. The zero-order valence-electron chi connectivity index (χ0n) is 12.3. The van der Waals surface area contributed by atoms with E-state index in [0.717, 1.165) is 43.5 Å². The Morgan fingerprint density at radius 3 is 2.81 bits per heavy atom. The van der Waals surface area contributed by atoms with Gasteiger partial charge in [0.05, 0.1) is 22.4 Å². The van der Waals surface area contributed by atoms with E-state index in [0.29, 0.717) is 6.54 Å². The van der Waals surface area contributed by atoms with Crippen molar-refractivity contribution < 1.29 is 5.11 Å². The number of aliphatic hydroxyl groups is 1. The van der Waals surface area contributed by atoms with Crippen LogP contribution < -0.4 is 5.32 Å². The van der Waals surface area contributed by atoms with Gasteiger partial charge in [-0.3, -0.25) is 5.10 Å². The lowest BCUT2D eigenvalue weighted by Crippen LogP contribution is -2.39. The molecule has 0 atom stereocenters. The molecule has 4 nitrogen and oxygen atoms in total. The minimum Gasteiger partial charge on any atom is -0.389 e. The van der Waals surface area contributed by atoms with E-state index in [1.807, 2.05) is 12.3 Å². The zero-order chi connectivity index (χ0) is 14.5. The molecule has 1 fully saturated rings. The Labute approximate surface area is 129 Å². The van der Waals surface area contributed by atoms with Crippen molar-refractivity contribution >= 4 is 11.3 Å². The first-order valence-corrected chi connectivity index (χ1v) is 8.64. The Kier molecular flexibility index (Phi) is 4.73. The predicted molar refractivity (Wildman–Crippen MR) is 86.3 cm³/mol. The molecular weight excluding hydrogens is 282 g/mol.